The number of rotatable bonds is 2. The Morgan fingerprint density at radius 3 is 2.65 bits per heavy atom. The molecular formula is C16H13N3O. The first-order valence-electron chi connectivity index (χ1n) is 6.58. The second-order valence-electron chi connectivity index (χ2n) is 5.03. The van der Waals surface area contributed by atoms with Crippen LogP contribution in [0.2, 0.25) is 0 Å². The summed E-state index contributed by atoms with van der Waals surface area (Å²) in [5.74, 6) is 1.54. The van der Waals surface area contributed by atoms with E-state index in [0.29, 0.717) is 11.7 Å². The van der Waals surface area contributed by atoms with Gasteiger partial charge in [0.05, 0.1) is 5.92 Å². The van der Waals surface area contributed by atoms with E-state index < -0.39 is 0 Å². The summed E-state index contributed by atoms with van der Waals surface area (Å²) >= 11 is 0. The average molecular weight is 263 g/mol. The lowest BCUT2D eigenvalue weighted by Gasteiger charge is -2.26. The highest BCUT2D eigenvalue weighted by molar-refractivity contribution is 5.58. The lowest BCUT2D eigenvalue weighted by atomic mass is 9.77. The topological polar surface area (TPSA) is 64.9 Å². The molecule has 4 rings (SSSR count). The predicted molar refractivity (Wildman–Crippen MR) is 76.1 cm³/mol. The van der Waals surface area contributed by atoms with Gasteiger partial charge in [0.1, 0.15) is 0 Å². The highest BCUT2D eigenvalue weighted by Gasteiger charge is 2.31. The number of nitrogen functional groups attached to an aromatic ring is 1. The molecule has 0 spiro atoms. The smallest absolute Gasteiger partial charge is 0.234 e. The molecule has 0 amide bonds. The Balaban J connectivity index is 1.65. The molecule has 0 saturated heterocycles. The molecule has 4 nitrogen and oxygen atoms in total. The second kappa shape index (κ2) is 4.20. The van der Waals surface area contributed by atoms with E-state index in [0.717, 1.165) is 17.7 Å². The van der Waals surface area contributed by atoms with Crippen LogP contribution in [0.15, 0.2) is 53.1 Å². The van der Waals surface area contributed by atoms with Crippen LogP contribution < -0.4 is 5.73 Å². The molecule has 0 aliphatic heterocycles. The van der Waals surface area contributed by atoms with Gasteiger partial charge in [0, 0.05) is 11.3 Å². The fourth-order valence-corrected chi connectivity index (χ4v) is 2.61. The van der Waals surface area contributed by atoms with Gasteiger partial charge < -0.3 is 10.3 Å². The van der Waals surface area contributed by atoms with E-state index in [-0.39, 0.29) is 5.92 Å². The number of aromatic nitrogens is 2. The minimum Gasteiger partial charge on any atom is -0.399 e. The van der Waals surface area contributed by atoms with Crippen molar-refractivity contribution >= 4 is 5.69 Å². The van der Waals surface area contributed by atoms with Crippen LogP contribution in [-0.2, 0) is 6.42 Å². The van der Waals surface area contributed by atoms with Gasteiger partial charge in [-0.15, -0.1) is 0 Å². The molecule has 2 N–H and O–H groups in total. The van der Waals surface area contributed by atoms with E-state index in [2.05, 4.69) is 28.3 Å². The van der Waals surface area contributed by atoms with Gasteiger partial charge in [-0.05, 0) is 41.8 Å². The first-order chi connectivity index (χ1) is 9.81. The van der Waals surface area contributed by atoms with Crippen LogP contribution in [0.4, 0.5) is 5.69 Å². The lowest BCUT2D eigenvalue weighted by molar-refractivity contribution is 0.356. The standard InChI is InChI=1S/C16H13N3O/c17-12-7-5-10(6-8-12)15-18-16(20-19-15)14-9-11-3-1-2-4-13(11)14/h1-8,14H,9,17H2. The Hall–Kier alpha value is -2.62. The van der Waals surface area contributed by atoms with Gasteiger partial charge in [-0.2, -0.15) is 4.98 Å². The molecule has 1 aromatic heterocycles. The number of hydrogen-bond acceptors (Lipinski definition) is 4. The molecule has 1 heterocycles. The van der Waals surface area contributed by atoms with Gasteiger partial charge in [-0.3, -0.25) is 0 Å². The highest BCUT2D eigenvalue weighted by Crippen LogP contribution is 2.39. The molecule has 0 fully saturated rings. The van der Waals surface area contributed by atoms with E-state index in [9.17, 15) is 0 Å². The third-order valence-electron chi connectivity index (χ3n) is 3.76. The molecule has 0 saturated carbocycles. The van der Waals surface area contributed by atoms with Crippen LogP contribution in [-0.4, -0.2) is 10.1 Å². The second-order valence-corrected chi connectivity index (χ2v) is 5.03. The van der Waals surface area contributed by atoms with Gasteiger partial charge in [0.25, 0.3) is 0 Å². The summed E-state index contributed by atoms with van der Waals surface area (Å²) in [4.78, 5) is 4.51. The number of benzene rings is 2. The van der Waals surface area contributed by atoms with Gasteiger partial charge >= 0.3 is 0 Å². The highest BCUT2D eigenvalue weighted by atomic mass is 16.5. The van der Waals surface area contributed by atoms with E-state index >= 15 is 0 Å². The molecule has 3 aromatic rings. The molecular weight excluding hydrogens is 250 g/mol. The number of hydrogen-bond donors (Lipinski definition) is 1. The summed E-state index contributed by atoms with van der Waals surface area (Å²) in [5.41, 5.74) is 9.98. The summed E-state index contributed by atoms with van der Waals surface area (Å²) in [5, 5.41) is 4.07. The van der Waals surface area contributed by atoms with Crippen LogP contribution in [0.3, 0.4) is 0 Å². The summed E-state index contributed by atoms with van der Waals surface area (Å²) in [6, 6.07) is 15.8. The van der Waals surface area contributed by atoms with Crippen LogP contribution >= 0.6 is 0 Å². The summed E-state index contributed by atoms with van der Waals surface area (Å²) < 4.78 is 5.42. The van der Waals surface area contributed by atoms with E-state index in [1.54, 1.807) is 0 Å². The van der Waals surface area contributed by atoms with Crippen molar-refractivity contribution in [3.63, 3.8) is 0 Å². The maximum atomic E-state index is 5.68. The SMILES string of the molecule is Nc1ccc(-c2noc(C3Cc4ccccc43)n2)cc1. The zero-order valence-corrected chi connectivity index (χ0v) is 10.8. The Labute approximate surface area is 116 Å². The Morgan fingerprint density at radius 2 is 1.85 bits per heavy atom. The maximum Gasteiger partial charge on any atom is 0.234 e. The fraction of sp³-hybridized carbons (Fsp3) is 0.125. The predicted octanol–water partition coefficient (Wildman–Crippen LogP) is 3.01. The number of nitrogens with zero attached hydrogens (tertiary/aromatic N) is 2. The monoisotopic (exact) mass is 263 g/mol. The number of anilines is 1. The first kappa shape index (κ1) is 11.2. The van der Waals surface area contributed by atoms with Crippen LogP contribution in [0.5, 0.6) is 0 Å². The van der Waals surface area contributed by atoms with Gasteiger partial charge in [-0.1, -0.05) is 29.4 Å². The van der Waals surface area contributed by atoms with Crippen molar-refractivity contribution in [3.05, 3.63) is 65.5 Å². The van der Waals surface area contributed by atoms with Crippen molar-refractivity contribution < 1.29 is 4.52 Å². The fourth-order valence-electron chi connectivity index (χ4n) is 2.61. The largest absolute Gasteiger partial charge is 0.399 e. The van der Waals surface area contributed by atoms with E-state index in [4.69, 9.17) is 10.3 Å². The maximum absolute atomic E-state index is 5.68. The molecule has 20 heavy (non-hydrogen) atoms. The van der Waals surface area contributed by atoms with E-state index in [1.165, 1.54) is 11.1 Å². The van der Waals surface area contributed by atoms with Gasteiger partial charge in [0.15, 0.2) is 0 Å². The van der Waals surface area contributed by atoms with E-state index in [1.807, 2.05) is 30.3 Å². The third kappa shape index (κ3) is 1.69. The molecule has 0 radical (unpaired) electrons. The van der Waals surface area contributed by atoms with Crippen molar-refractivity contribution in [1.29, 1.82) is 0 Å². The molecule has 98 valence electrons. The van der Waals surface area contributed by atoms with Crippen molar-refractivity contribution in [3.8, 4) is 11.4 Å². The third-order valence-corrected chi connectivity index (χ3v) is 3.76. The van der Waals surface area contributed by atoms with Crippen molar-refractivity contribution in [2.75, 3.05) is 5.73 Å². The van der Waals surface area contributed by atoms with Crippen molar-refractivity contribution in [1.82, 2.24) is 10.1 Å². The van der Waals surface area contributed by atoms with Gasteiger partial charge in [-0.25, -0.2) is 0 Å². The lowest BCUT2D eigenvalue weighted by Crippen LogP contribution is -2.18. The zero-order chi connectivity index (χ0) is 13.5. The molecule has 2 aromatic carbocycles. The molecule has 1 aliphatic carbocycles. The number of nitrogens with two attached hydrogens (primary N) is 1. The van der Waals surface area contributed by atoms with Crippen LogP contribution in [0.1, 0.15) is 22.9 Å². The number of fused-ring (bicyclic) bond motifs is 1. The molecule has 1 unspecified atom stereocenters. The Morgan fingerprint density at radius 1 is 1.05 bits per heavy atom. The summed E-state index contributed by atoms with van der Waals surface area (Å²) in [6.45, 7) is 0. The molecule has 1 atom stereocenters. The summed E-state index contributed by atoms with van der Waals surface area (Å²) in [7, 11) is 0. The normalized spacial score (nSPS) is 16.5. The minimum absolute atomic E-state index is 0.237. The Bertz CT molecular complexity index is 761. The quantitative estimate of drug-likeness (QED) is 0.722. The first-order valence-corrected chi connectivity index (χ1v) is 6.58. The molecule has 0 bridgehead atoms. The Kier molecular flexibility index (Phi) is 2.36. The zero-order valence-electron chi connectivity index (χ0n) is 10.8. The van der Waals surface area contributed by atoms with Gasteiger partial charge in [0.2, 0.25) is 11.7 Å². The van der Waals surface area contributed by atoms with Crippen LogP contribution in [0, 0.1) is 0 Å². The van der Waals surface area contributed by atoms with Crippen molar-refractivity contribution in [2.45, 2.75) is 12.3 Å². The summed E-state index contributed by atoms with van der Waals surface area (Å²) in [6.07, 6.45) is 0.972. The molecule has 4 heteroatoms. The van der Waals surface area contributed by atoms with Crippen LogP contribution in [0.25, 0.3) is 11.4 Å². The minimum atomic E-state index is 0.237. The average Bonchev–Trinajstić information content (AvgIpc) is 2.90. The van der Waals surface area contributed by atoms with Crippen molar-refractivity contribution in [2.24, 2.45) is 0 Å². The molecule has 1 aliphatic rings.